The Hall–Kier alpha value is -1.53. The Labute approximate surface area is 133 Å². The Balaban J connectivity index is 2.01. The summed E-state index contributed by atoms with van der Waals surface area (Å²) in [7, 11) is 0. The van der Waals surface area contributed by atoms with Crippen LogP contribution in [-0.2, 0) is 6.18 Å². The molecular formula is C16H12BrF3O2. The van der Waals surface area contributed by atoms with E-state index in [1.165, 1.54) is 12.1 Å². The average Bonchev–Trinajstić information content (AvgIpc) is 2.47. The monoisotopic (exact) mass is 372 g/mol. The molecule has 0 aliphatic carbocycles. The highest BCUT2D eigenvalue weighted by Gasteiger charge is 2.33. The second-order valence-electron chi connectivity index (χ2n) is 5.16. The second-order valence-corrected chi connectivity index (χ2v) is 6.07. The van der Waals surface area contributed by atoms with Gasteiger partial charge in [-0.2, -0.15) is 13.2 Å². The van der Waals surface area contributed by atoms with Gasteiger partial charge < -0.3 is 9.84 Å². The van der Waals surface area contributed by atoms with E-state index in [1.54, 1.807) is 6.07 Å². The summed E-state index contributed by atoms with van der Waals surface area (Å²) in [4.78, 5) is 0. The minimum Gasteiger partial charge on any atom is -0.491 e. The van der Waals surface area contributed by atoms with Crippen molar-refractivity contribution in [2.75, 3.05) is 6.61 Å². The smallest absolute Gasteiger partial charge is 0.416 e. The van der Waals surface area contributed by atoms with Crippen molar-refractivity contribution in [1.29, 1.82) is 0 Å². The van der Waals surface area contributed by atoms with Gasteiger partial charge in [0.05, 0.1) is 11.7 Å². The fourth-order valence-corrected chi connectivity index (χ4v) is 2.99. The number of halogens is 4. The summed E-state index contributed by atoms with van der Waals surface area (Å²) in [6.07, 6.45) is -5.17. The third-order valence-electron chi connectivity index (χ3n) is 3.70. The Morgan fingerprint density at radius 2 is 1.77 bits per heavy atom. The number of hydrogen-bond donors (Lipinski definition) is 1. The fourth-order valence-electron chi connectivity index (χ4n) is 2.65. The molecule has 0 saturated heterocycles. The first-order valence-electron chi connectivity index (χ1n) is 6.64. The molecule has 2 aromatic carbocycles. The summed E-state index contributed by atoms with van der Waals surface area (Å²) in [6.45, 7) is 0.106. The van der Waals surface area contributed by atoms with Crippen molar-refractivity contribution in [2.24, 2.45) is 0 Å². The van der Waals surface area contributed by atoms with Crippen molar-refractivity contribution in [3.63, 3.8) is 0 Å². The molecule has 2 aromatic rings. The summed E-state index contributed by atoms with van der Waals surface area (Å²) in [5, 5.41) is 10.2. The van der Waals surface area contributed by atoms with Crippen molar-refractivity contribution in [2.45, 2.75) is 18.2 Å². The number of aliphatic hydroxyl groups excluding tert-OH is 1. The highest BCUT2D eigenvalue weighted by atomic mass is 79.9. The molecule has 0 spiro atoms. The van der Waals surface area contributed by atoms with Gasteiger partial charge in [-0.1, -0.05) is 34.1 Å². The Bertz CT molecular complexity index is 683. The van der Waals surface area contributed by atoms with E-state index in [4.69, 9.17) is 4.74 Å². The van der Waals surface area contributed by atoms with Gasteiger partial charge in [0.25, 0.3) is 0 Å². The van der Waals surface area contributed by atoms with Crippen LogP contribution in [0.5, 0.6) is 5.75 Å². The number of ether oxygens (including phenoxy) is 1. The molecule has 2 nitrogen and oxygen atoms in total. The zero-order valence-electron chi connectivity index (χ0n) is 11.3. The second kappa shape index (κ2) is 5.59. The van der Waals surface area contributed by atoms with Crippen LogP contribution in [0.1, 0.15) is 22.6 Å². The van der Waals surface area contributed by atoms with Crippen LogP contribution in [-0.4, -0.2) is 17.8 Å². The molecule has 0 bridgehead atoms. The van der Waals surface area contributed by atoms with Crippen molar-refractivity contribution < 1.29 is 23.0 Å². The largest absolute Gasteiger partial charge is 0.491 e. The molecule has 1 aliphatic heterocycles. The highest BCUT2D eigenvalue weighted by molar-refractivity contribution is 9.10. The van der Waals surface area contributed by atoms with Gasteiger partial charge in [0, 0.05) is 16.0 Å². The number of fused-ring (bicyclic) bond motifs is 1. The predicted octanol–water partition coefficient (Wildman–Crippen LogP) is 4.35. The Kier molecular flexibility index (Phi) is 3.91. The summed E-state index contributed by atoms with van der Waals surface area (Å²) in [5.74, 6) is 0.226. The number of alkyl halides is 3. The van der Waals surface area contributed by atoms with Gasteiger partial charge in [-0.05, 0) is 29.8 Å². The number of aliphatic hydroxyl groups is 1. The lowest BCUT2D eigenvalue weighted by Crippen LogP contribution is -2.31. The van der Waals surface area contributed by atoms with E-state index >= 15 is 0 Å². The molecule has 0 aromatic heterocycles. The molecular weight excluding hydrogens is 361 g/mol. The van der Waals surface area contributed by atoms with Crippen LogP contribution < -0.4 is 4.74 Å². The van der Waals surface area contributed by atoms with Gasteiger partial charge in [-0.25, -0.2) is 0 Å². The predicted molar refractivity (Wildman–Crippen MR) is 78.9 cm³/mol. The quantitative estimate of drug-likeness (QED) is 0.805. The zero-order chi connectivity index (χ0) is 15.9. The molecule has 0 unspecified atom stereocenters. The van der Waals surface area contributed by atoms with Gasteiger partial charge in [-0.15, -0.1) is 0 Å². The topological polar surface area (TPSA) is 29.5 Å². The molecule has 0 radical (unpaired) electrons. The van der Waals surface area contributed by atoms with Crippen LogP contribution in [0.3, 0.4) is 0 Å². The lowest BCUT2D eigenvalue weighted by atomic mass is 9.84. The Morgan fingerprint density at radius 3 is 2.41 bits per heavy atom. The number of rotatable bonds is 1. The van der Waals surface area contributed by atoms with Crippen LogP contribution in [0.2, 0.25) is 0 Å². The average molecular weight is 373 g/mol. The van der Waals surface area contributed by atoms with Crippen LogP contribution in [0.25, 0.3) is 0 Å². The van der Waals surface area contributed by atoms with Crippen molar-refractivity contribution in [1.82, 2.24) is 0 Å². The maximum absolute atomic E-state index is 12.6. The molecule has 116 valence electrons. The van der Waals surface area contributed by atoms with Gasteiger partial charge in [0.1, 0.15) is 12.4 Å². The first-order chi connectivity index (χ1) is 10.4. The number of hydrogen-bond acceptors (Lipinski definition) is 2. The lowest BCUT2D eigenvalue weighted by Gasteiger charge is -2.31. The van der Waals surface area contributed by atoms with E-state index in [1.807, 2.05) is 12.1 Å². The van der Waals surface area contributed by atoms with E-state index in [0.29, 0.717) is 11.3 Å². The SMILES string of the molecule is O[C@H]1COc2cc(Br)ccc2[C@@H]1c1ccc(C(F)(F)F)cc1. The number of benzene rings is 2. The molecule has 1 heterocycles. The third-order valence-corrected chi connectivity index (χ3v) is 4.20. The van der Waals surface area contributed by atoms with Gasteiger partial charge in [-0.3, -0.25) is 0 Å². The standard InChI is InChI=1S/C16H12BrF3O2/c17-11-5-6-12-14(7-11)22-8-13(21)15(12)9-1-3-10(4-2-9)16(18,19)20/h1-7,13,15,21H,8H2/t13-,15-/m0/s1. The van der Waals surface area contributed by atoms with Gasteiger partial charge >= 0.3 is 6.18 Å². The maximum atomic E-state index is 12.6. The minimum absolute atomic E-state index is 0.106. The summed E-state index contributed by atoms with van der Waals surface area (Å²) < 4.78 is 44.3. The molecule has 1 aliphatic rings. The van der Waals surface area contributed by atoms with Crippen molar-refractivity contribution in [3.8, 4) is 5.75 Å². The first-order valence-corrected chi connectivity index (χ1v) is 7.43. The maximum Gasteiger partial charge on any atom is 0.416 e. The molecule has 0 fully saturated rings. The first kappa shape index (κ1) is 15.4. The molecule has 0 amide bonds. The van der Waals surface area contributed by atoms with E-state index < -0.39 is 23.8 Å². The van der Waals surface area contributed by atoms with E-state index in [2.05, 4.69) is 15.9 Å². The van der Waals surface area contributed by atoms with Crippen LogP contribution in [0.15, 0.2) is 46.9 Å². The molecule has 6 heteroatoms. The molecule has 2 atom stereocenters. The fraction of sp³-hybridized carbons (Fsp3) is 0.250. The van der Waals surface area contributed by atoms with E-state index in [0.717, 1.165) is 22.2 Å². The van der Waals surface area contributed by atoms with Crippen LogP contribution >= 0.6 is 15.9 Å². The summed E-state index contributed by atoms with van der Waals surface area (Å²) in [5.41, 5.74) is 0.697. The van der Waals surface area contributed by atoms with Crippen LogP contribution in [0, 0.1) is 0 Å². The van der Waals surface area contributed by atoms with Crippen LogP contribution in [0.4, 0.5) is 13.2 Å². The van der Waals surface area contributed by atoms with Crippen molar-refractivity contribution in [3.05, 3.63) is 63.6 Å². The van der Waals surface area contributed by atoms with Gasteiger partial charge in [0.2, 0.25) is 0 Å². The van der Waals surface area contributed by atoms with Crippen molar-refractivity contribution >= 4 is 15.9 Å². The summed E-state index contributed by atoms with van der Waals surface area (Å²) >= 11 is 3.35. The minimum atomic E-state index is -4.37. The highest BCUT2D eigenvalue weighted by Crippen LogP contribution is 2.40. The zero-order valence-corrected chi connectivity index (χ0v) is 12.9. The molecule has 1 N–H and O–H groups in total. The molecule has 0 saturated carbocycles. The molecule has 22 heavy (non-hydrogen) atoms. The lowest BCUT2D eigenvalue weighted by molar-refractivity contribution is -0.137. The van der Waals surface area contributed by atoms with E-state index in [-0.39, 0.29) is 6.61 Å². The van der Waals surface area contributed by atoms with E-state index in [9.17, 15) is 18.3 Å². The molecule has 3 rings (SSSR count). The van der Waals surface area contributed by atoms with Gasteiger partial charge in [0.15, 0.2) is 0 Å². The summed E-state index contributed by atoms with van der Waals surface area (Å²) in [6, 6.07) is 10.3. The Morgan fingerprint density at radius 1 is 1.09 bits per heavy atom. The third kappa shape index (κ3) is 2.85. The normalized spacial score (nSPS) is 21.1.